The second kappa shape index (κ2) is 40.4. The van der Waals surface area contributed by atoms with Gasteiger partial charge in [0.15, 0.2) is 0 Å². The molecule has 9 heteroatoms. The Labute approximate surface area is 354 Å². The Morgan fingerprint density at radius 1 is 0.579 bits per heavy atom. The van der Waals surface area contributed by atoms with E-state index < -0.39 is 20.0 Å². The molecule has 3 N–H and O–H groups in total. The van der Waals surface area contributed by atoms with Crippen LogP contribution in [0.15, 0.2) is 24.3 Å². The van der Waals surface area contributed by atoms with Crippen LogP contribution in [0.4, 0.5) is 0 Å². The number of hydrogen-bond donors (Lipinski definition) is 3. The van der Waals surface area contributed by atoms with E-state index in [4.69, 9.17) is 9.05 Å². The van der Waals surface area contributed by atoms with E-state index in [-0.39, 0.29) is 19.1 Å². The molecule has 0 spiro atoms. The standard InChI is InChI=1S/C48H95N2O6P/c1-6-8-10-12-14-16-18-20-22-23-24-25-26-28-29-31-33-35-37-39-41-47(51)46(45-56-57(53,54)55-44-43-50(3,4)5)49-48(52)42-40-38-36-34-32-30-27-21-19-17-15-13-11-9-7-2/h31,33,39,41,46-47,51H,6-30,32,34-38,40,42-45H2,1-5H3,(H-,49,52,53,54)/p+1/b33-31+,41-39+. The van der Waals surface area contributed by atoms with Crippen LogP contribution >= 0.6 is 7.82 Å². The molecule has 0 saturated carbocycles. The maximum atomic E-state index is 12.9. The summed E-state index contributed by atoms with van der Waals surface area (Å²) in [7, 11) is 1.56. The normalized spacial score (nSPS) is 14.4. The smallest absolute Gasteiger partial charge is 0.387 e. The topological polar surface area (TPSA) is 105 Å². The number of amides is 1. The van der Waals surface area contributed by atoms with Gasteiger partial charge >= 0.3 is 7.82 Å². The summed E-state index contributed by atoms with van der Waals surface area (Å²) in [6, 6.07) is -0.858. The molecule has 0 saturated heterocycles. The number of nitrogens with zero attached hydrogens (tertiary/aromatic N) is 1. The summed E-state index contributed by atoms with van der Waals surface area (Å²) in [4.78, 5) is 23.1. The van der Waals surface area contributed by atoms with Crippen molar-refractivity contribution in [2.75, 3.05) is 40.9 Å². The Bertz CT molecular complexity index is 984. The third-order valence-electron chi connectivity index (χ3n) is 10.9. The van der Waals surface area contributed by atoms with Crippen molar-refractivity contribution >= 4 is 13.7 Å². The second-order valence-corrected chi connectivity index (χ2v) is 19.3. The predicted octanol–water partition coefficient (Wildman–Crippen LogP) is 13.7. The molecule has 0 bridgehead atoms. The lowest BCUT2D eigenvalue weighted by Gasteiger charge is -2.25. The monoisotopic (exact) mass is 828 g/mol. The number of phosphoric acid groups is 1. The lowest BCUT2D eigenvalue weighted by molar-refractivity contribution is -0.870. The van der Waals surface area contributed by atoms with E-state index in [9.17, 15) is 19.4 Å². The summed E-state index contributed by atoms with van der Waals surface area (Å²) in [6.07, 6.45) is 48.2. The Balaban J connectivity index is 4.39. The van der Waals surface area contributed by atoms with Gasteiger partial charge in [0.2, 0.25) is 5.91 Å². The van der Waals surface area contributed by atoms with Crippen molar-refractivity contribution in [1.29, 1.82) is 0 Å². The van der Waals surface area contributed by atoms with Crippen LogP contribution < -0.4 is 5.32 Å². The van der Waals surface area contributed by atoms with Gasteiger partial charge in [0.05, 0.1) is 39.9 Å². The van der Waals surface area contributed by atoms with Gasteiger partial charge in [0, 0.05) is 6.42 Å². The van der Waals surface area contributed by atoms with Crippen molar-refractivity contribution in [2.45, 2.75) is 238 Å². The molecular formula is C48H96N2O6P+. The minimum Gasteiger partial charge on any atom is -0.387 e. The number of unbranched alkanes of at least 4 members (excludes halogenated alkanes) is 29. The molecular weight excluding hydrogens is 732 g/mol. The molecule has 0 aromatic heterocycles. The Hall–Kier alpha value is -1.02. The molecule has 338 valence electrons. The zero-order valence-electron chi connectivity index (χ0n) is 38.3. The zero-order valence-corrected chi connectivity index (χ0v) is 39.2. The third kappa shape index (κ3) is 42.9. The van der Waals surface area contributed by atoms with Crippen LogP contribution in [0.3, 0.4) is 0 Å². The van der Waals surface area contributed by atoms with Gasteiger partial charge in [-0.25, -0.2) is 4.57 Å². The van der Waals surface area contributed by atoms with E-state index in [0.29, 0.717) is 17.4 Å². The largest absolute Gasteiger partial charge is 0.472 e. The van der Waals surface area contributed by atoms with Gasteiger partial charge in [0.25, 0.3) is 0 Å². The summed E-state index contributed by atoms with van der Waals surface area (Å²) >= 11 is 0. The number of carbonyl (C=O) groups excluding carboxylic acids is 1. The predicted molar refractivity (Wildman–Crippen MR) is 245 cm³/mol. The first-order valence-electron chi connectivity index (χ1n) is 24.2. The molecule has 0 fully saturated rings. The second-order valence-electron chi connectivity index (χ2n) is 17.8. The highest BCUT2D eigenvalue weighted by Gasteiger charge is 2.27. The number of carbonyl (C=O) groups is 1. The molecule has 0 aromatic carbocycles. The van der Waals surface area contributed by atoms with Crippen molar-refractivity contribution in [2.24, 2.45) is 0 Å². The number of phosphoric ester groups is 1. The molecule has 0 aliphatic heterocycles. The molecule has 0 heterocycles. The number of nitrogens with one attached hydrogen (secondary N) is 1. The van der Waals surface area contributed by atoms with E-state index in [0.717, 1.165) is 38.5 Å². The van der Waals surface area contributed by atoms with Crippen LogP contribution in [-0.2, 0) is 18.4 Å². The van der Waals surface area contributed by atoms with E-state index >= 15 is 0 Å². The molecule has 0 aliphatic carbocycles. The van der Waals surface area contributed by atoms with Crippen LogP contribution in [0.5, 0.6) is 0 Å². The molecule has 8 nitrogen and oxygen atoms in total. The van der Waals surface area contributed by atoms with Gasteiger partial charge in [-0.3, -0.25) is 13.8 Å². The fourth-order valence-electron chi connectivity index (χ4n) is 7.06. The molecule has 57 heavy (non-hydrogen) atoms. The van der Waals surface area contributed by atoms with Gasteiger partial charge in [0.1, 0.15) is 13.2 Å². The first-order valence-corrected chi connectivity index (χ1v) is 25.7. The van der Waals surface area contributed by atoms with Gasteiger partial charge in [-0.05, 0) is 32.1 Å². The van der Waals surface area contributed by atoms with Gasteiger partial charge in [-0.15, -0.1) is 0 Å². The van der Waals surface area contributed by atoms with Gasteiger partial charge < -0.3 is 19.8 Å². The lowest BCUT2D eigenvalue weighted by Crippen LogP contribution is -2.45. The fraction of sp³-hybridized carbons (Fsp3) is 0.896. The number of rotatable bonds is 44. The fourth-order valence-corrected chi connectivity index (χ4v) is 7.79. The summed E-state index contributed by atoms with van der Waals surface area (Å²) < 4.78 is 23.6. The Morgan fingerprint density at radius 2 is 0.965 bits per heavy atom. The minimum atomic E-state index is -4.34. The maximum absolute atomic E-state index is 12.9. The number of quaternary nitrogens is 1. The van der Waals surface area contributed by atoms with Crippen molar-refractivity contribution in [3.8, 4) is 0 Å². The number of hydrogen-bond acceptors (Lipinski definition) is 5. The quantitative estimate of drug-likeness (QED) is 0.0244. The van der Waals surface area contributed by atoms with Gasteiger partial charge in [-0.1, -0.05) is 212 Å². The molecule has 0 aromatic rings. The maximum Gasteiger partial charge on any atom is 0.472 e. The average molecular weight is 828 g/mol. The number of allylic oxidation sites excluding steroid dienone is 3. The van der Waals surface area contributed by atoms with Crippen LogP contribution in [0.25, 0.3) is 0 Å². The van der Waals surface area contributed by atoms with Gasteiger partial charge in [-0.2, -0.15) is 0 Å². The van der Waals surface area contributed by atoms with Crippen LogP contribution in [0.1, 0.15) is 226 Å². The number of aliphatic hydroxyl groups is 1. The van der Waals surface area contributed by atoms with Crippen LogP contribution in [0, 0.1) is 0 Å². The highest BCUT2D eigenvalue weighted by molar-refractivity contribution is 7.47. The van der Waals surface area contributed by atoms with Crippen LogP contribution in [0.2, 0.25) is 0 Å². The molecule has 0 aliphatic rings. The number of likely N-dealkylation sites (N-methyl/N-ethyl adjacent to an activating group) is 1. The van der Waals surface area contributed by atoms with E-state index in [1.807, 2.05) is 27.2 Å². The van der Waals surface area contributed by atoms with Crippen molar-refractivity contribution in [3.05, 3.63) is 24.3 Å². The van der Waals surface area contributed by atoms with Crippen LogP contribution in [-0.4, -0.2) is 73.4 Å². The Kier molecular flexibility index (Phi) is 39.7. The van der Waals surface area contributed by atoms with Crippen molar-refractivity contribution < 1.29 is 32.9 Å². The summed E-state index contributed by atoms with van der Waals surface area (Å²) in [5.41, 5.74) is 0. The summed E-state index contributed by atoms with van der Waals surface area (Å²) in [6.45, 7) is 4.81. The molecule has 0 rings (SSSR count). The molecule has 3 unspecified atom stereocenters. The van der Waals surface area contributed by atoms with Crippen molar-refractivity contribution in [3.63, 3.8) is 0 Å². The highest BCUT2D eigenvalue weighted by atomic mass is 31.2. The summed E-state index contributed by atoms with van der Waals surface area (Å²) in [5.74, 6) is -0.184. The number of aliphatic hydroxyl groups excluding tert-OH is 1. The first-order chi connectivity index (χ1) is 27.5. The van der Waals surface area contributed by atoms with E-state index in [2.05, 4.69) is 31.3 Å². The average Bonchev–Trinajstić information content (AvgIpc) is 3.16. The highest BCUT2D eigenvalue weighted by Crippen LogP contribution is 2.43. The lowest BCUT2D eigenvalue weighted by atomic mass is 10.0. The van der Waals surface area contributed by atoms with E-state index in [1.54, 1.807) is 6.08 Å². The zero-order chi connectivity index (χ0) is 42.1. The first kappa shape index (κ1) is 56.0. The Morgan fingerprint density at radius 3 is 1.40 bits per heavy atom. The third-order valence-corrected chi connectivity index (χ3v) is 11.9. The minimum absolute atomic E-state index is 0.0584. The summed E-state index contributed by atoms with van der Waals surface area (Å²) in [5, 5.41) is 13.8. The SMILES string of the molecule is CCCCCCCCCCCCCCCC/C=C/CC/C=C/C(O)C(COP(=O)(O)OCC[N+](C)(C)C)NC(=O)CCCCCCCCCCCCCCCCC. The van der Waals surface area contributed by atoms with E-state index in [1.165, 1.54) is 167 Å². The van der Waals surface area contributed by atoms with Crippen molar-refractivity contribution in [1.82, 2.24) is 5.32 Å². The molecule has 3 atom stereocenters. The molecule has 0 radical (unpaired) electrons. The molecule has 1 amide bonds.